The number of hydrogen-bond donors (Lipinski definition) is 1. The monoisotopic (exact) mass is 335 g/mol. The number of carbonyl (C=O) groups excluding carboxylic acids is 1. The number of imidazole rings is 1. The van der Waals surface area contributed by atoms with Gasteiger partial charge in [-0.15, -0.1) is 0 Å². The third-order valence-electron chi connectivity index (χ3n) is 3.95. The molecule has 0 spiro atoms. The van der Waals surface area contributed by atoms with Gasteiger partial charge in [0.15, 0.2) is 6.61 Å². The molecule has 25 heavy (non-hydrogen) atoms. The van der Waals surface area contributed by atoms with Gasteiger partial charge in [0.25, 0.3) is 5.91 Å². The van der Waals surface area contributed by atoms with Crippen molar-refractivity contribution >= 4 is 5.91 Å². The molecular weight excluding hydrogens is 314 g/mol. The minimum absolute atomic E-state index is 0.00244. The van der Waals surface area contributed by atoms with Gasteiger partial charge in [0.1, 0.15) is 5.75 Å². The first-order valence-corrected chi connectivity index (χ1v) is 8.16. The van der Waals surface area contributed by atoms with E-state index in [0.717, 1.165) is 28.1 Å². The van der Waals surface area contributed by atoms with Crippen LogP contribution in [0.25, 0.3) is 5.69 Å². The maximum absolute atomic E-state index is 12.1. The highest BCUT2D eigenvalue weighted by atomic mass is 16.5. The van der Waals surface area contributed by atoms with Crippen molar-refractivity contribution in [3.8, 4) is 11.4 Å². The van der Waals surface area contributed by atoms with Crippen molar-refractivity contribution in [2.24, 2.45) is 0 Å². The molecule has 0 fully saturated rings. The summed E-state index contributed by atoms with van der Waals surface area (Å²) in [6, 6.07) is 13.9. The molecule has 1 aromatic heterocycles. The molecule has 3 aromatic rings. The van der Waals surface area contributed by atoms with Crippen LogP contribution in [0.2, 0.25) is 0 Å². The minimum atomic E-state index is -0.152. The summed E-state index contributed by atoms with van der Waals surface area (Å²) in [6.45, 7) is 4.40. The van der Waals surface area contributed by atoms with Crippen LogP contribution in [0.3, 0.4) is 0 Å². The fraction of sp³-hybridized carbons (Fsp3) is 0.200. The highest BCUT2D eigenvalue weighted by Crippen LogP contribution is 2.19. The van der Waals surface area contributed by atoms with E-state index in [4.69, 9.17) is 4.74 Å². The van der Waals surface area contributed by atoms with Crippen molar-refractivity contribution in [3.05, 3.63) is 77.9 Å². The number of aromatic nitrogens is 2. The number of nitrogens with zero attached hydrogens (tertiary/aromatic N) is 2. The van der Waals surface area contributed by atoms with Gasteiger partial charge in [0.05, 0.1) is 12.0 Å². The summed E-state index contributed by atoms with van der Waals surface area (Å²) in [7, 11) is 0. The van der Waals surface area contributed by atoms with E-state index in [1.54, 1.807) is 12.5 Å². The Bertz CT molecular complexity index is 857. The molecule has 0 unspecified atom stereocenters. The van der Waals surface area contributed by atoms with Crippen molar-refractivity contribution in [1.82, 2.24) is 14.9 Å². The third-order valence-corrected chi connectivity index (χ3v) is 3.95. The summed E-state index contributed by atoms with van der Waals surface area (Å²) < 4.78 is 7.57. The Labute approximate surface area is 147 Å². The zero-order valence-corrected chi connectivity index (χ0v) is 14.4. The Balaban J connectivity index is 1.59. The van der Waals surface area contributed by atoms with Crippen LogP contribution in [0.4, 0.5) is 0 Å². The first kappa shape index (κ1) is 16.8. The smallest absolute Gasteiger partial charge is 0.258 e. The lowest BCUT2D eigenvalue weighted by Gasteiger charge is -2.12. The lowest BCUT2D eigenvalue weighted by Crippen LogP contribution is -2.28. The van der Waals surface area contributed by atoms with Gasteiger partial charge in [-0.25, -0.2) is 4.98 Å². The molecule has 1 N–H and O–H groups in total. The van der Waals surface area contributed by atoms with E-state index < -0.39 is 0 Å². The van der Waals surface area contributed by atoms with Crippen LogP contribution in [0.5, 0.6) is 5.75 Å². The molecule has 0 saturated heterocycles. The van der Waals surface area contributed by atoms with Crippen LogP contribution in [-0.4, -0.2) is 22.1 Å². The Hall–Kier alpha value is -3.08. The molecule has 5 nitrogen and oxygen atoms in total. The van der Waals surface area contributed by atoms with Gasteiger partial charge in [-0.05, 0) is 42.7 Å². The number of carbonyl (C=O) groups is 1. The van der Waals surface area contributed by atoms with Crippen LogP contribution >= 0.6 is 0 Å². The van der Waals surface area contributed by atoms with Gasteiger partial charge < -0.3 is 14.6 Å². The Morgan fingerprint density at radius 2 is 2.04 bits per heavy atom. The quantitative estimate of drug-likeness (QED) is 0.753. The van der Waals surface area contributed by atoms with Crippen molar-refractivity contribution in [2.45, 2.75) is 20.4 Å². The van der Waals surface area contributed by atoms with Gasteiger partial charge in [0, 0.05) is 18.9 Å². The Kier molecular flexibility index (Phi) is 5.14. The average Bonchev–Trinajstić information content (AvgIpc) is 3.15. The molecule has 128 valence electrons. The van der Waals surface area contributed by atoms with Crippen molar-refractivity contribution < 1.29 is 9.53 Å². The molecule has 1 heterocycles. The Morgan fingerprint density at radius 3 is 2.84 bits per heavy atom. The number of rotatable bonds is 6. The molecule has 5 heteroatoms. The molecule has 0 aliphatic carbocycles. The van der Waals surface area contributed by atoms with Crippen molar-refractivity contribution in [1.29, 1.82) is 0 Å². The summed E-state index contributed by atoms with van der Waals surface area (Å²) in [5.74, 6) is 0.593. The zero-order chi connectivity index (χ0) is 17.6. The summed E-state index contributed by atoms with van der Waals surface area (Å²) in [4.78, 5) is 16.2. The van der Waals surface area contributed by atoms with Crippen LogP contribution < -0.4 is 10.1 Å². The molecule has 2 aromatic carbocycles. The largest absolute Gasteiger partial charge is 0.483 e. The lowest BCUT2D eigenvalue weighted by atomic mass is 10.1. The fourth-order valence-corrected chi connectivity index (χ4v) is 2.56. The zero-order valence-electron chi connectivity index (χ0n) is 14.4. The topological polar surface area (TPSA) is 56.1 Å². The number of hydrogen-bond acceptors (Lipinski definition) is 3. The van der Waals surface area contributed by atoms with Crippen LogP contribution in [0.15, 0.2) is 61.2 Å². The number of para-hydroxylation sites is 1. The summed E-state index contributed by atoms with van der Waals surface area (Å²) >= 11 is 0. The number of benzene rings is 2. The normalized spacial score (nSPS) is 10.5. The predicted octanol–water partition coefficient (Wildman–Crippen LogP) is 3.18. The van der Waals surface area contributed by atoms with Gasteiger partial charge >= 0.3 is 0 Å². The average molecular weight is 335 g/mol. The van der Waals surface area contributed by atoms with Gasteiger partial charge in [-0.1, -0.05) is 30.3 Å². The molecule has 0 saturated carbocycles. The second kappa shape index (κ2) is 7.66. The molecule has 0 bridgehead atoms. The predicted molar refractivity (Wildman–Crippen MR) is 96.8 cm³/mol. The van der Waals surface area contributed by atoms with E-state index in [1.165, 1.54) is 0 Å². The summed E-state index contributed by atoms with van der Waals surface area (Å²) in [6.07, 6.45) is 5.35. The summed E-state index contributed by atoms with van der Waals surface area (Å²) in [5, 5.41) is 2.91. The van der Waals surface area contributed by atoms with Crippen LogP contribution in [-0.2, 0) is 11.3 Å². The Morgan fingerprint density at radius 1 is 1.20 bits per heavy atom. The highest BCUT2D eigenvalue weighted by molar-refractivity contribution is 5.77. The van der Waals surface area contributed by atoms with Gasteiger partial charge in [-0.2, -0.15) is 0 Å². The highest BCUT2D eigenvalue weighted by Gasteiger charge is 2.08. The molecule has 0 atom stereocenters. The summed E-state index contributed by atoms with van der Waals surface area (Å²) in [5.41, 5.74) is 4.13. The third kappa shape index (κ3) is 4.26. The molecule has 1 amide bonds. The molecule has 0 aliphatic rings. The molecule has 3 rings (SSSR count). The van der Waals surface area contributed by atoms with Gasteiger partial charge in [-0.3, -0.25) is 4.79 Å². The maximum Gasteiger partial charge on any atom is 0.258 e. The first-order chi connectivity index (χ1) is 12.1. The number of aryl methyl sites for hydroxylation is 2. The fourth-order valence-electron chi connectivity index (χ4n) is 2.56. The van der Waals surface area contributed by atoms with Crippen LogP contribution in [0, 0.1) is 13.8 Å². The number of ether oxygens (including phenoxy) is 1. The second-order valence-corrected chi connectivity index (χ2v) is 5.93. The standard InChI is InChI=1S/C20H21N3O2/c1-15-7-8-16(2)19(11-15)25-13-20(24)22-12-17-5-3-4-6-18(17)23-10-9-21-14-23/h3-11,14H,12-13H2,1-2H3,(H,22,24). The van der Waals surface area contributed by atoms with E-state index in [-0.39, 0.29) is 12.5 Å². The molecular formula is C20H21N3O2. The van der Waals surface area contributed by atoms with E-state index in [2.05, 4.69) is 10.3 Å². The second-order valence-electron chi connectivity index (χ2n) is 5.93. The van der Waals surface area contributed by atoms with Crippen molar-refractivity contribution in [2.75, 3.05) is 6.61 Å². The molecule has 0 aliphatic heterocycles. The minimum Gasteiger partial charge on any atom is -0.483 e. The van der Waals surface area contributed by atoms with Crippen molar-refractivity contribution in [3.63, 3.8) is 0 Å². The van der Waals surface area contributed by atoms with E-state index >= 15 is 0 Å². The number of amides is 1. The SMILES string of the molecule is Cc1ccc(C)c(OCC(=O)NCc2ccccc2-n2ccnc2)c1. The lowest BCUT2D eigenvalue weighted by molar-refractivity contribution is -0.123. The van der Waals surface area contributed by atoms with E-state index in [9.17, 15) is 4.79 Å². The van der Waals surface area contributed by atoms with Crippen LogP contribution in [0.1, 0.15) is 16.7 Å². The number of nitrogens with one attached hydrogen (secondary N) is 1. The maximum atomic E-state index is 12.1. The van der Waals surface area contributed by atoms with E-state index in [1.807, 2.05) is 67.1 Å². The first-order valence-electron chi connectivity index (χ1n) is 8.16. The molecule has 0 radical (unpaired) electrons. The van der Waals surface area contributed by atoms with E-state index in [0.29, 0.717) is 6.54 Å². The van der Waals surface area contributed by atoms with Gasteiger partial charge in [0.2, 0.25) is 0 Å².